The Labute approximate surface area is 234 Å². The van der Waals surface area contributed by atoms with Gasteiger partial charge in [-0.15, -0.1) is 0 Å². The zero-order valence-electron chi connectivity index (χ0n) is 18.4. The van der Waals surface area contributed by atoms with Crippen LogP contribution in [0.15, 0.2) is 64.0 Å². The highest BCUT2D eigenvalue weighted by Gasteiger charge is 2.35. The van der Waals surface area contributed by atoms with Crippen LogP contribution in [0.25, 0.3) is 6.08 Å². The van der Waals surface area contributed by atoms with E-state index in [9.17, 15) is 14.4 Å². The standard InChI is InChI=1S/C25H15BrCl3NO5S/c1-34-20-9-13(8-18(26)22(20)35-24(32)14-2-5-16(27)6-3-14)10-21-23(31)30(25(33)36-21)12-15-4-7-17(28)11-19(15)29/h2-11H,12H2,1H3/b21-10-. The maximum absolute atomic E-state index is 13.0. The van der Waals surface area contributed by atoms with Gasteiger partial charge in [0.15, 0.2) is 11.5 Å². The maximum Gasteiger partial charge on any atom is 0.343 e. The predicted molar refractivity (Wildman–Crippen MR) is 145 cm³/mol. The van der Waals surface area contributed by atoms with Crippen molar-refractivity contribution in [3.63, 3.8) is 0 Å². The van der Waals surface area contributed by atoms with E-state index in [0.717, 1.165) is 16.7 Å². The normalized spacial score (nSPS) is 14.5. The summed E-state index contributed by atoms with van der Waals surface area (Å²) in [5.74, 6) is -0.630. The number of thioether (sulfide) groups is 1. The molecule has 0 saturated carbocycles. The first kappa shape index (κ1) is 26.6. The van der Waals surface area contributed by atoms with Gasteiger partial charge in [0, 0.05) is 15.1 Å². The van der Waals surface area contributed by atoms with Crippen LogP contribution in [0.1, 0.15) is 21.5 Å². The molecular weight excluding hydrogens is 613 g/mol. The number of amides is 2. The lowest BCUT2D eigenvalue weighted by Gasteiger charge is -2.14. The molecule has 1 heterocycles. The number of esters is 1. The number of benzene rings is 3. The van der Waals surface area contributed by atoms with E-state index in [-0.39, 0.29) is 22.9 Å². The van der Waals surface area contributed by atoms with E-state index in [4.69, 9.17) is 44.3 Å². The smallest absolute Gasteiger partial charge is 0.343 e. The molecule has 1 saturated heterocycles. The van der Waals surface area contributed by atoms with Crippen molar-refractivity contribution >= 4 is 85.7 Å². The third-order valence-electron chi connectivity index (χ3n) is 5.04. The Hall–Kier alpha value is -2.49. The molecule has 1 fully saturated rings. The first-order chi connectivity index (χ1) is 17.2. The second kappa shape index (κ2) is 11.3. The molecule has 6 nitrogen and oxygen atoms in total. The molecule has 3 aromatic rings. The monoisotopic (exact) mass is 625 g/mol. The molecule has 0 spiro atoms. The molecule has 11 heteroatoms. The van der Waals surface area contributed by atoms with Gasteiger partial charge in [0.2, 0.25) is 0 Å². The van der Waals surface area contributed by atoms with Crippen molar-refractivity contribution in [2.45, 2.75) is 6.54 Å². The molecule has 0 atom stereocenters. The molecule has 4 rings (SSSR count). The second-order valence-corrected chi connectivity index (χ2v) is 10.6. The molecule has 0 bridgehead atoms. The highest BCUT2D eigenvalue weighted by atomic mass is 79.9. The van der Waals surface area contributed by atoms with Crippen molar-refractivity contribution in [2.24, 2.45) is 0 Å². The van der Waals surface area contributed by atoms with E-state index >= 15 is 0 Å². The summed E-state index contributed by atoms with van der Waals surface area (Å²) >= 11 is 22.2. The number of halogens is 4. The summed E-state index contributed by atoms with van der Waals surface area (Å²) in [6.45, 7) is 0.0185. The molecule has 2 amide bonds. The van der Waals surface area contributed by atoms with Gasteiger partial charge in [0.1, 0.15) is 0 Å². The van der Waals surface area contributed by atoms with E-state index in [1.165, 1.54) is 7.11 Å². The summed E-state index contributed by atoms with van der Waals surface area (Å²) < 4.78 is 11.4. The lowest BCUT2D eigenvalue weighted by atomic mass is 10.1. The van der Waals surface area contributed by atoms with E-state index in [0.29, 0.717) is 36.2 Å². The fraction of sp³-hybridized carbons (Fsp3) is 0.0800. The molecule has 0 radical (unpaired) electrons. The highest BCUT2D eigenvalue weighted by molar-refractivity contribution is 9.10. The van der Waals surface area contributed by atoms with Crippen LogP contribution < -0.4 is 9.47 Å². The minimum Gasteiger partial charge on any atom is -0.493 e. The third-order valence-corrected chi connectivity index (χ3v) is 7.38. The Morgan fingerprint density at radius 2 is 1.72 bits per heavy atom. The minimum absolute atomic E-state index is 0.0185. The quantitative estimate of drug-likeness (QED) is 0.157. The minimum atomic E-state index is -0.597. The van der Waals surface area contributed by atoms with Gasteiger partial charge in [-0.05, 0) is 93.4 Å². The zero-order valence-corrected chi connectivity index (χ0v) is 23.1. The summed E-state index contributed by atoms with van der Waals surface area (Å²) in [5, 5.41) is 0.898. The van der Waals surface area contributed by atoms with Gasteiger partial charge in [0.25, 0.3) is 11.1 Å². The number of carbonyl (C=O) groups excluding carboxylic acids is 3. The van der Waals surface area contributed by atoms with E-state index in [1.807, 2.05) is 0 Å². The largest absolute Gasteiger partial charge is 0.493 e. The summed E-state index contributed by atoms with van der Waals surface area (Å²) in [6.07, 6.45) is 1.56. The van der Waals surface area contributed by atoms with Gasteiger partial charge in [-0.3, -0.25) is 14.5 Å². The first-order valence-electron chi connectivity index (χ1n) is 10.2. The van der Waals surface area contributed by atoms with Crippen LogP contribution in [-0.2, 0) is 11.3 Å². The number of nitrogens with zero attached hydrogens (tertiary/aromatic N) is 1. The lowest BCUT2D eigenvalue weighted by molar-refractivity contribution is -0.123. The van der Waals surface area contributed by atoms with Crippen molar-refractivity contribution in [3.8, 4) is 11.5 Å². The number of imide groups is 1. The van der Waals surface area contributed by atoms with Crippen LogP contribution >= 0.6 is 62.5 Å². The zero-order chi connectivity index (χ0) is 26.0. The number of methoxy groups -OCH3 is 1. The maximum atomic E-state index is 13.0. The molecule has 0 aromatic heterocycles. The fourth-order valence-corrected chi connectivity index (χ4v) is 5.24. The fourth-order valence-electron chi connectivity index (χ4n) is 3.27. The highest BCUT2D eigenvalue weighted by Crippen LogP contribution is 2.40. The van der Waals surface area contributed by atoms with Crippen molar-refractivity contribution in [1.29, 1.82) is 0 Å². The Morgan fingerprint density at radius 1 is 1.03 bits per heavy atom. The summed E-state index contributed by atoms with van der Waals surface area (Å²) in [5.41, 5.74) is 1.47. The lowest BCUT2D eigenvalue weighted by Crippen LogP contribution is -2.27. The molecule has 36 heavy (non-hydrogen) atoms. The van der Waals surface area contributed by atoms with Gasteiger partial charge in [-0.1, -0.05) is 40.9 Å². The first-order valence-corrected chi connectivity index (χ1v) is 12.9. The van der Waals surface area contributed by atoms with Crippen LogP contribution in [-0.4, -0.2) is 29.1 Å². The summed E-state index contributed by atoms with van der Waals surface area (Å²) in [6, 6.07) is 14.4. The molecule has 1 aliphatic heterocycles. The van der Waals surface area contributed by atoms with Gasteiger partial charge in [0.05, 0.1) is 28.6 Å². The third kappa shape index (κ3) is 5.90. The van der Waals surface area contributed by atoms with Gasteiger partial charge in [-0.2, -0.15) is 0 Å². The SMILES string of the molecule is COc1cc(/C=C2\SC(=O)N(Cc3ccc(Cl)cc3Cl)C2=O)cc(Br)c1OC(=O)c1ccc(Cl)cc1. The molecule has 0 N–H and O–H groups in total. The van der Waals surface area contributed by atoms with E-state index in [2.05, 4.69) is 15.9 Å². The molecule has 3 aromatic carbocycles. The van der Waals surface area contributed by atoms with Crippen molar-refractivity contribution in [2.75, 3.05) is 7.11 Å². The Bertz CT molecular complexity index is 1410. The van der Waals surface area contributed by atoms with E-state index < -0.39 is 17.1 Å². The van der Waals surface area contributed by atoms with E-state index in [1.54, 1.807) is 60.7 Å². The van der Waals surface area contributed by atoms with Crippen LogP contribution in [0.5, 0.6) is 11.5 Å². The summed E-state index contributed by atoms with van der Waals surface area (Å²) in [4.78, 5) is 39.4. The van der Waals surface area contributed by atoms with Gasteiger partial charge < -0.3 is 9.47 Å². The van der Waals surface area contributed by atoms with Crippen LogP contribution in [0.4, 0.5) is 4.79 Å². The Balaban J connectivity index is 1.56. The average Bonchev–Trinajstić information content (AvgIpc) is 3.09. The van der Waals surface area contributed by atoms with Crippen LogP contribution in [0, 0.1) is 0 Å². The van der Waals surface area contributed by atoms with Gasteiger partial charge >= 0.3 is 5.97 Å². The number of carbonyl (C=O) groups is 3. The molecule has 1 aliphatic rings. The number of hydrogen-bond donors (Lipinski definition) is 0. The van der Waals surface area contributed by atoms with Crippen molar-refractivity contribution in [1.82, 2.24) is 4.90 Å². The second-order valence-electron chi connectivity index (χ2n) is 7.43. The molecule has 184 valence electrons. The van der Waals surface area contributed by atoms with Crippen LogP contribution in [0.2, 0.25) is 15.1 Å². The molecule has 0 aliphatic carbocycles. The Morgan fingerprint density at radius 3 is 2.39 bits per heavy atom. The number of hydrogen-bond acceptors (Lipinski definition) is 6. The van der Waals surface area contributed by atoms with Crippen molar-refractivity contribution < 1.29 is 23.9 Å². The Kier molecular flexibility index (Phi) is 8.32. The topological polar surface area (TPSA) is 72.9 Å². The van der Waals surface area contributed by atoms with Crippen molar-refractivity contribution in [3.05, 3.63) is 95.7 Å². The predicted octanol–water partition coefficient (Wildman–Crippen LogP) is 7.87. The van der Waals surface area contributed by atoms with Crippen LogP contribution in [0.3, 0.4) is 0 Å². The average molecular weight is 628 g/mol. The summed E-state index contributed by atoms with van der Waals surface area (Å²) in [7, 11) is 1.43. The molecule has 0 unspecified atom stereocenters. The van der Waals surface area contributed by atoms with Gasteiger partial charge in [-0.25, -0.2) is 4.79 Å². The number of ether oxygens (including phenoxy) is 2. The number of rotatable bonds is 6. The molecular formula is C25H15BrCl3NO5S.